The Hall–Kier alpha value is -3.23. The zero-order valence-electron chi connectivity index (χ0n) is 12.6. The first-order valence-corrected chi connectivity index (χ1v) is 7.11. The van der Waals surface area contributed by atoms with Crippen molar-refractivity contribution in [2.24, 2.45) is 0 Å². The number of hydrogen-bond donors (Lipinski definition) is 2. The van der Waals surface area contributed by atoms with Crippen LogP contribution in [0.1, 0.15) is 16.1 Å². The first-order valence-electron chi connectivity index (χ1n) is 7.11. The van der Waals surface area contributed by atoms with Gasteiger partial charge in [0.25, 0.3) is 0 Å². The molecule has 0 bridgehead atoms. The van der Waals surface area contributed by atoms with Crippen molar-refractivity contribution in [3.05, 3.63) is 60.0 Å². The molecule has 0 saturated carbocycles. The molecule has 0 atom stereocenters. The van der Waals surface area contributed by atoms with E-state index in [1.54, 1.807) is 18.2 Å². The Labute approximate surface area is 139 Å². The fourth-order valence-corrected chi connectivity index (χ4v) is 2.40. The molecule has 9 heteroatoms. The number of halogens is 3. The van der Waals surface area contributed by atoms with E-state index >= 15 is 0 Å². The molecule has 0 unspecified atom stereocenters. The molecular weight excluding hydrogens is 339 g/mol. The Balaban J connectivity index is 1.82. The van der Waals surface area contributed by atoms with Gasteiger partial charge in [0.15, 0.2) is 5.69 Å². The SMILES string of the molecule is O=C(O)c1c(NCc2cccc(OC(F)(F)F)c2)ccc2nccn12. The molecule has 0 aliphatic heterocycles. The Morgan fingerprint density at radius 2 is 2.08 bits per heavy atom. The van der Waals surface area contributed by atoms with E-state index in [9.17, 15) is 23.1 Å². The molecule has 2 aromatic heterocycles. The fourth-order valence-electron chi connectivity index (χ4n) is 2.40. The number of hydrogen-bond acceptors (Lipinski definition) is 4. The summed E-state index contributed by atoms with van der Waals surface area (Å²) in [7, 11) is 0. The molecule has 0 radical (unpaired) electrons. The molecule has 0 fully saturated rings. The van der Waals surface area contributed by atoms with Gasteiger partial charge in [0.05, 0.1) is 5.69 Å². The Morgan fingerprint density at radius 1 is 1.28 bits per heavy atom. The number of rotatable bonds is 5. The maximum atomic E-state index is 12.3. The zero-order chi connectivity index (χ0) is 18.0. The minimum atomic E-state index is -4.77. The van der Waals surface area contributed by atoms with Crippen LogP contribution in [0.25, 0.3) is 5.65 Å². The van der Waals surface area contributed by atoms with Gasteiger partial charge in [-0.15, -0.1) is 13.2 Å². The number of imidazole rings is 1. The smallest absolute Gasteiger partial charge is 0.476 e. The summed E-state index contributed by atoms with van der Waals surface area (Å²) in [6.07, 6.45) is -1.78. The second-order valence-corrected chi connectivity index (χ2v) is 5.10. The van der Waals surface area contributed by atoms with Crippen LogP contribution in [0.3, 0.4) is 0 Å². The molecule has 25 heavy (non-hydrogen) atoms. The highest BCUT2D eigenvalue weighted by Crippen LogP contribution is 2.24. The molecule has 130 valence electrons. The average molecular weight is 351 g/mol. The van der Waals surface area contributed by atoms with Crippen LogP contribution in [0, 0.1) is 0 Å². The molecule has 2 heterocycles. The number of pyridine rings is 1. The Bertz CT molecular complexity index is 922. The lowest BCUT2D eigenvalue weighted by atomic mass is 10.2. The molecule has 0 amide bonds. The topological polar surface area (TPSA) is 75.9 Å². The molecule has 0 saturated heterocycles. The summed E-state index contributed by atoms with van der Waals surface area (Å²) in [5, 5.41) is 12.3. The number of alkyl halides is 3. The predicted molar refractivity (Wildman–Crippen MR) is 82.6 cm³/mol. The van der Waals surface area contributed by atoms with E-state index in [1.165, 1.54) is 35.0 Å². The van der Waals surface area contributed by atoms with Crippen LogP contribution in [0.4, 0.5) is 18.9 Å². The molecule has 1 aromatic carbocycles. The maximum absolute atomic E-state index is 12.3. The number of nitrogens with zero attached hydrogens (tertiary/aromatic N) is 2. The van der Waals surface area contributed by atoms with E-state index in [-0.39, 0.29) is 18.0 Å². The first-order chi connectivity index (χ1) is 11.8. The largest absolute Gasteiger partial charge is 0.573 e. The lowest BCUT2D eigenvalue weighted by Crippen LogP contribution is -2.17. The average Bonchev–Trinajstić information content (AvgIpc) is 2.99. The summed E-state index contributed by atoms with van der Waals surface area (Å²) in [4.78, 5) is 15.5. The lowest BCUT2D eigenvalue weighted by molar-refractivity contribution is -0.274. The zero-order valence-corrected chi connectivity index (χ0v) is 12.6. The van der Waals surface area contributed by atoms with Crippen molar-refractivity contribution >= 4 is 17.3 Å². The van der Waals surface area contributed by atoms with E-state index in [4.69, 9.17) is 0 Å². The third-order valence-electron chi connectivity index (χ3n) is 3.38. The molecule has 0 spiro atoms. The van der Waals surface area contributed by atoms with Crippen molar-refractivity contribution in [1.82, 2.24) is 9.38 Å². The van der Waals surface area contributed by atoms with Gasteiger partial charge in [-0.25, -0.2) is 9.78 Å². The van der Waals surface area contributed by atoms with E-state index in [0.717, 1.165) is 0 Å². The van der Waals surface area contributed by atoms with Gasteiger partial charge in [0.1, 0.15) is 11.4 Å². The molecule has 0 aliphatic carbocycles. The van der Waals surface area contributed by atoms with Gasteiger partial charge >= 0.3 is 12.3 Å². The number of ether oxygens (including phenoxy) is 1. The van der Waals surface area contributed by atoms with Gasteiger partial charge in [0, 0.05) is 18.9 Å². The van der Waals surface area contributed by atoms with Gasteiger partial charge in [-0.3, -0.25) is 4.40 Å². The van der Waals surface area contributed by atoms with Gasteiger partial charge < -0.3 is 15.2 Å². The number of anilines is 1. The minimum absolute atomic E-state index is 0.0160. The molecule has 6 nitrogen and oxygen atoms in total. The summed E-state index contributed by atoms with van der Waals surface area (Å²) < 4.78 is 42.1. The van der Waals surface area contributed by atoms with Crippen molar-refractivity contribution in [2.75, 3.05) is 5.32 Å². The number of nitrogens with one attached hydrogen (secondary N) is 1. The van der Waals surface area contributed by atoms with Crippen molar-refractivity contribution in [1.29, 1.82) is 0 Å². The van der Waals surface area contributed by atoms with Gasteiger partial charge in [-0.1, -0.05) is 12.1 Å². The van der Waals surface area contributed by atoms with Crippen LogP contribution in [0.2, 0.25) is 0 Å². The van der Waals surface area contributed by atoms with Gasteiger partial charge in [-0.2, -0.15) is 0 Å². The molecule has 3 aromatic rings. The van der Waals surface area contributed by atoms with Crippen LogP contribution in [0.15, 0.2) is 48.8 Å². The van der Waals surface area contributed by atoms with E-state index in [1.807, 2.05) is 0 Å². The van der Waals surface area contributed by atoms with Crippen molar-refractivity contribution in [2.45, 2.75) is 12.9 Å². The van der Waals surface area contributed by atoms with Crippen molar-refractivity contribution < 1.29 is 27.8 Å². The van der Waals surface area contributed by atoms with E-state index in [2.05, 4.69) is 15.0 Å². The minimum Gasteiger partial charge on any atom is -0.476 e. The normalized spacial score (nSPS) is 11.5. The van der Waals surface area contributed by atoms with Crippen LogP contribution >= 0.6 is 0 Å². The standard InChI is InChI=1S/C16H12F3N3O3/c17-16(18,19)25-11-3-1-2-10(8-11)9-21-12-4-5-13-20-6-7-22(13)14(12)15(23)24/h1-8,21H,9H2,(H,23,24). The molecule has 2 N–H and O–H groups in total. The van der Waals surface area contributed by atoms with Gasteiger partial charge in [0.2, 0.25) is 0 Å². The molecule has 0 aliphatic rings. The third kappa shape index (κ3) is 3.82. The lowest BCUT2D eigenvalue weighted by Gasteiger charge is -2.13. The van der Waals surface area contributed by atoms with Crippen LogP contribution in [-0.2, 0) is 6.54 Å². The number of aromatic carboxylic acids is 1. The Morgan fingerprint density at radius 3 is 2.80 bits per heavy atom. The van der Waals surface area contributed by atoms with E-state index < -0.39 is 12.3 Å². The number of carboxylic acids is 1. The monoisotopic (exact) mass is 351 g/mol. The Kier molecular flexibility index (Phi) is 4.22. The van der Waals surface area contributed by atoms with Gasteiger partial charge in [-0.05, 0) is 29.8 Å². The quantitative estimate of drug-likeness (QED) is 0.735. The highest BCUT2D eigenvalue weighted by Gasteiger charge is 2.31. The maximum Gasteiger partial charge on any atom is 0.573 e. The summed E-state index contributed by atoms with van der Waals surface area (Å²) in [6.45, 7) is 0.121. The summed E-state index contributed by atoms with van der Waals surface area (Å²) in [6, 6.07) is 8.65. The first kappa shape index (κ1) is 16.6. The fraction of sp³-hybridized carbons (Fsp3) is 0.125. The summed E-state index contributed by atoms with van der Waals surface area (Å²) in [5.74, 6) is -1.49. The number of aromatic nitrogens is 2. The van der Waals surface area contributed by atoms with Crippen LogP contribution in [-0.4, -0.2) is 26.8 Å². The molecule has 3 rings (SSSR count). The second kappa shape index (κ2) is 6.34. The predicted octanol–water partition coefficient (Wildman–Crippen LogP) is 3.54. The van der Waals surface area contributed by atoms with Crippen LogP contribution in [0.5, 0.6) is 5.75 Å². The number of carboxylic acid groups (broad SMARTS) is 1. The van der Waals surface area contributed by atoms with Crippen molar-refractivity contribution in [3.8, 4) is 5.75 Å². The van der Waals surface area contributed by atoms with Crippen molar-refractivity contribution in [3.63, 3.8) is 0 Å². The summed E-state index contributed by atoms with van der Waals surface area (Å²) in [5.41, 5.74) is 1.28. The highest BCUT2D eigenvalue weighted by atomic mass is 19.4. The summed E-state index contributed by atoms with van der Waals surface area (Å²) >= 11 is 0. The third-order valence-corrected chi connectivity index (χ3v) is 3.38. The number of carbonyl (C=O) groups is 1. The molecular formula is C16H12F3N3O3. The van der Waals surface area contributed by atoms with Crippen LogP contribution < -0.4 is 10.1 Å². The van der Waals surface area contributed by atoms with E-state index in [0.29, 0.717) is 16.9 Å². The number of fused-ring (bicyclic) bond motifs is 1. The second-order valence-electron chi connectivity index (χ2n) is 5.10. The highest BCUT2D eigenvalue weighted by molar-refractivity contribution is 5.93. The number of benzene rings is 1.